The Balaban J connectivity index is 0.000000222. The van der Waals surface area contributed by atoms with Crippen molar-refractivity contribution in [3.8, 4) is 11.1 Å². The van der Waals surface area contributed by atoms with E-state index in [0.29, 0.717) is 5.92 Å². The maximum Gasteiger partial charge on any atom is -1.00 e. The number of thioether (sulfide) groups is 1. The van der Waals surface area contributed by atoms with E-state index < -0.39 is 22.8 Å². The minimum atomic E-state index is -0.478. The number of hydrogen-bond acceptors (Lipinski definition) is 1. The van der Waals surface area contributed by atoms with Crippen molar-refractivity contribution in [3.63, 3.8) is 0 Å². The van der Waals surface area contributed by atoms with E-state index in [0.717, 1.165) is 3.63 Å². The summed E-state index contributed by atoms with van der Waals surface area (Å²) in [6.07, 6.45) is 8.73. The topological polar surface area (TPSA) is 0 Å². The van der Waals surface area contributed by atoms with Gasteiger partial charge in [-0.2, -0.15) is 0 Å². The molecule has 0 saturated carbocycles. The molecule has 2 aliphatic carbocycles. The number of halogens is 2. The summed E-state index contributed by atoms with van der Waals surface area (Å²) in [4.78, 5) is 1.48. The van der Waals surface area contributed by atoms with Crippen molar-refractivity contribution in [1.29, 1.82) is 0 Å². The van der Waals surface area contributed by atoms with Gasteiger partial charge in [-0.25, -0.2) is 0 Å². The van der Waals surface area contributed by atoms with E-state index in [4.69, 9.17) is 0 Å². The first kappa shape index (κ1) is 22.6. The Morgan fingerprint density at radius 2 is 1.44 bits per heavy atom. The van der Waals surface area contributed by atoms with Crippen LogP contribution in [0.5, 0.6) is 0 Å². The monoisotopic (exact) mass is 489 g/mol. The molecule has 0 saturated heterocycles. The Bertz CT molecular complexity index is 878. The summed E-state index contributed by atoms with van der Waals surface area (Å²) in [6, 6.07) is 17.9. The van der Waals surface area contributed by atoms with Gasteiger partial charge in [-0.15, -0.1) is 11.8 Å². The largest absolute Gasteiger partial charge is 1.00 e. The van der Waals surface area contributed by atoms with Crippen LogP contribution in [0.15, 0.2) is 83.1 Å². The van der Waals surface area contributed by atoms with Crippen molar-refractivity contribution in [2.75, 3.05) is 0 Å². The summed E-state index contributed by atoms with van der Waals surface area (Å²) >= 11 is 1.35. The van der Waals surface area contributed by atoms with Crippen molar-refractivity contribution in [2.45, 2.75) is 17.5 Å². The molecule has 0 aromatic heterocycles. The second kappa shape index (κ2) is 10.2. The molecule has 1 atom stereocenters. The number of fused-ring (bicyclic) bond motifs is 4. The SMILES string of the molecule is C1=CC2C=CSC2=C1.C[C](C)=[Zr+2][CH]1c2ccccc2-c2ccccc21.[Cl-].[Cl-]. The molecule has 1 heterocycles. The van der Waals surface area contributed by atoms with Gasteiger partial charge in [0.2, 0.25) is 0 Å². The smallest absolute Gasteiger partial charge is 1.00 e. The summed E-state index contributed by atoms with van der Waals surface area (Å²) in [6.45, 7) is 4.60. The van der Waals surface area contributed by atoms with Crippen molar-refractivity contribution < 1.29 is 47.6 Å². The van der Waals surface area contributed by atoms with E-state index in [2.05, 4.69) is 92.1 Å². The zero-order valence-corrected chi connectivity index (χ0v) is 20.1. The average molecular weight is 492 g/mol. The molecule has 0 nitrogen and oxygen atoms in total. The van der Waals surface area contributed by atoms with Crippen LogP contribution in [0.4, 0.5) is 0 Å². The zero-order valence-electron chi connectivity index (χ0n) is 15.3. The molecule has 4 heteroatoms. The molecule has 0 amide bonds. The molecular formula is C23H21Cl2SZr. The summed E-state index contributed by atoms with van der Waals surface area (Å²) < 4.78 is 2.40. The van der Waals surface area contributed by atoms with E-state index >= 15 is 0 Å². The van der Waals surface area contributed by atoms with Crippen LogP contribution >= 0.6 is 11.8 Å². The minimum Gasteiger partial charge on any atom is -1.00 e. The molecule has 3 aliphatic rings. The fourth-order valence-electron chi connectivity index (χ4n) is 3.56. The molecule has 2 aromatic carbocycles. The summed E-state index contributed by atoms with van der Waals surface area (Å²) in [5.74, 6) is 0.639. The fourth-order valence-corrected chi connectivity index (χ4v) is 7.85. The molecule has 137 valence electrons. The van der Waals surface area contributed by atoms with Crippen molar-refractivity contribution in [2.24, 2.45) is 5.92 Å². The predicted molar refractivity (Wildman–Crippen MR) is 108 cm³/mol. The number of rotatable bonds is 1. The zero-order chi connectivity index (χ0) is 17.2. The summed E-state index contributed by atoms with van der Waals surface area (Å²) in [7, 11) is 0. The van der Waals surface area contributed by atoms with Crippen LogP contribution in [-0.4, -0.2) is 3.21 Å². The Hall–Kier alpha value is -0.657. The van der Waals surface area contributed by atoms with Gasteiger partial charge in [-0.05, 0) is 10.3 Å². The van der Waals surface area contributed by atoms with Gasteiger partial charge in [0.25, 0.3) is 0 Å². The van der Waals surface area contributed by atoms with E-state index in [1.165, 1.54) is 16.0 Å². The van der Waals surface area contributed by atoms with E-state index in [9.17, 15) is 0 Å². The van der Waals surface area contributed by atoms with Crippen LogP contribution in [-0.2, 0) is 22.8 Å². The standard InChI is InChI=1S/C13H9.C7H6S.C3H6.2ClH.Zr/c1-3-7-12-10(5-1)9-11-6-2-4-8-13(11)12;1-2-6-4-5-8-7(6)3-1;1-3-2;;;/h1-9H;1-6H;1-2H3;2*1H;/q;;;;;+2/p-2. The van der Waals surface area contributed by atoms with Gasteiger partial charge in [0.15, 0.2) is 0 Å². The molecule has 0 fully saturated rings. The van der Waals surface area contributed by atoms with Gasteiger partial charge < -0.3 is 24.8 Å². The Kier molecular flexibility index (Phi) is 8.56. The third kappa shape index (κ3) is 4.85. The second-order valence-corrected chi connectivity index (χ2v) is 12.2. The third-order valence-corrected chi connectivity index (χ3v) is 9.30. The molecule has 0 spiro atoms. The van der Waals surface area contributed by atoms with Crippen LogP contribution in [0.3, 0.4) is 0 Å². The number of hydrogen-bond donors (Lipinski definition) is 0. The quantitative estimate of drug-likeness (QED) is 0.556. The van der Waals surface area contributed by atoms with Gasteiger partial charge in [-0.3, -0.25) is 0 Å². The molecule has 1 unspecified atom stereocenters. The first-order valence-corrected chi connectivity index (χ1v) is 12.2. The van der Waals surface area contributed by atoms with Gasteiger partial charge >= 0.3 is 114 Å². The van der Waals surface area contributed by atoms with Gasteiger partial charge in [0.05, 0.1) is 0 Å². The Morgan fingerprint density at radius 1 is 0.852 bits per heavy atom. The Morgan fingerprint density at radius 3 is 2.00 bits per heavy atom. The van der Waals surface area contributed by atoms with Crippen LogP contribution in [0.25, 0.3) is 11.1 Å². The number of benzene rings is 2. The molecule has 0 N–H and O–H groups in total. The molecular weight excluding hydrogens is 470 g/mol. The van der Waals surface area contributed by atoms with Crippen molar-refractivity contribution in [3.05, 3.63) is 94.3 Å². The normalized spacial score (nSPS) is 17.3. The third-order valence-electron chi connectivity index (χ3n) is 4.66. The first-order valence-electron chi connectivity index (χ1n) is 8.70. The maximum atomic E-state index is 2.32. The minimum absolute atomic E-state index is 0. The van der Waals surface area contributed by atoms with E-state index in [1.807, 2.05) is 11.8 Å². The predicted octanol–water partition coefficient (Wildman–Crippen LogP) is 0.376. The summed E-state index contributed by atoms with van der Waals surface area (Å²) in [5.41, 5.74) is 6.08. The van der Waals surface area contributed by atoms with Gasteiger partial charge in [0, 0.05) is 5.92 Å². The van der Waals surface area contributed by atoms with Crippen LogP contribution in [0.1, 0.15) is 28.6 Å². The van der Waals surface area contributed by atoms with Crippen LogP contribution in [0.2, 0.25) is 0 Å². The molecule has 0 radical (unpaired) electrons. The van der Waals surface area contributed by atoms with E-state index in [-0.39, 0.29) is 24.8 Å². The van der Waals surface area contributed by atoms with Gasteiger partial charge in [-0.1, -0.05) is 24.3 Å². The fraction of sp³-hybridized carbons (Fsp3) is 0.174. The van der Waals surface area contributed by atoms with Crippen LogP contribution in [0, 0.1) is 5.92 Å². The first-order chi connectivity index (χ1) is 12.2. The average Bonchev–Trinajstić information content (AvgIpc) is 3.31. The Labute approximate surface area is 190 Å². The molecule has 27 heavy (non-hydrogen) atoms. The van der Waals surface area contributed by atoms with Gasteiger partial charge in [0.1, 0.15) is 0 Å². The molecule has 2 aromatic rings. The second-order valence-electron chi connectivity index (χ2n) is 6.68. The maximum absolute atomic E-state index is 2.32. The number of allylic oxidation sites excluding steroid dienone is 5. The van der Waals surface area contributed by atoms with Crippen molar-refractivity contribution >= 4 is 15.0 Å². The van der Waals surface area contributed by atoms with Crippen molar-refractivity contribution in [1.82, 2.24) is 0 Å². The van der Waals surface area contributed by atoms with E-state index in [1.54, 1.807) is 14.3 Å². The van der Waals surface area contributed by atoms with Crippen LogP contribution < -0.4 is 24.8 Å². The summed E-state index contributed by atoms with van der Waals surface area (Å²) in [5, 5.41) is 2.15. The molecule has 0 bridgehead atoms. The molecule has 5 rings (SSSR count). The molecule has 1 aliphatic heterocycles.